The van der Waals surface area contributed by atoms with Crippen LogP contribution in [-0.2, 0) is 0 Å². The van der Waals surface area contributed by atoms with Crippen LogP contribution < -0.4 is 0 Å². The topological polar surface area (TPSA) is 6.48 Å². The monoisotopic (exact) mass is 341 g/mol. The first kappa shape index (κ1) is 17.5. The summed E-state index contributed by atoms with van der Waals surface area (Å²) in [7, 11) is 0. The van der Waals surface area contributed by atoms with Crippen molar-refractivity contribution in [2.45, 2.75) is 24.4 Å². The highest BCUT2D eigenvalue weighted by Gasteiger charge is 2.28. The van der Waals surface area contributed by atoms with Crippen LogP contribution in [0.1, 0.15) is 30.0 Å². The summed E-state index contributed by atoms with van der Waals surface area (Å²) in [5, 5.41) is 0. The molecule has 0 saturated carbocycles. The van der Waals surface area contributed by atoms with Gasteiger partial charge in [0.25, 0.3) is 0 Å². The summed E-state index contributed by atoms with van der Waals surface area (Å²) < 4.78 is 0. The molecule has 1 fully saturated rings. The van der Waals surface area contributed by atoms with Crippen molar-refractivity contribution >= 4 is 11.6 Å². The minimum atomic E-state index is 0.122. The first-order valence-electron chi connectivity index (χ1n) is 8.81. The van der Waals surface area contributed by atoms with Crippen molar-refractivity contribution in [3.8, 4) is 0 Å². The Morgan fingerprint density at radius 1 is 0.792 bits per heavy atom. The van der Waals surface area contributed by atoms with Gasteiger partial charge in [-0.1, -0.05) is 74.0 Å². The van der Waals surface area contributed by atoms with Crippen molar-refractivity contribution < 1.29 is 0 Å². The van der Waals surface area contributed by atoms with Gasteiger partial charge in [0.2, 0.25) is 0 Å². The van der Waals surface area contributed by atoms with Crippen LogP contribution in [-0.4, -0.2) is 41.5 Å². The first-order valence-corrected chi connectivity index (χ1v) is 9.24. The first-order chi connectivity index (χ1) is 11.8. The molecule has 2 aromatic rings. The minimum Gasteiger partial charge on any atom is -0.290 e. The van der Waals surface area contributed by atoms with Gasteiger partial charge in [0, 0.05) is 26.2 Å². The van der Waals surface area contributed by atoms with Crippen LogP contribution in [0.5, 0.6) is 0 Å². The molecular weight excluding hydrogens is 316 g/mol. The SMILES string of the molecule is [CH2]CCC(Cl)N1CCN(C(c2ccccc2)c2ccccc2)CC1. The van der Waals surface area contributed by atoms with Crippen molar-refractivity contribution in [3.63, 3.8) is 0 Å². The van der Waals surface area contributed by atoms with E-state index in [1.807, 2.05) is 0 Å². The predicted molar refractivity (Wildman–Crippen MR) is 102 cm³/mol. The zero-order chi connectivity index (χ0) is 16.8. The number of halogens is 1. The molecule has 24 heavy (non-hydrogen) atoms. The summed E-state index contributed by atoms with van der Waals surface area (Å²) >= 11 is 6.49. The number of rotatable bonds is 6. The quantitative estimate of drug-likeness (QED) is 0.561. The molecule has 3 heteroatoms. The van der Waals surface area contributed by atoms with Crippen molar-refractivity contribution in [1.82, 2.24) is 9.80 Å². The van der Waals surface area contributed by atoms with Crippen molar-refractivity contribution in [2.24, 2.45) is 0 Å². The number of piperazine rings is 1. The van der Waals surface area contributed by atoms with E-state index in [0.717, 1.165) is 39.0 Å². The average Bonchev–Trinajstić information content (AvgIpc) is 2.64. The lowest BCUT2D eigenvalue weighted by molar-refractivity contribution is 0.0983. The molecule has 1 aliphatic heterocycles. The molecule has 1 radical (unpaired) electrons. The Bertz CT molecular complexity index is 554. The van der Waals surface area contributed by atoms with Gasteiger partial charge < -0.3 is 0 Å². The lowest BCUT2D eigenvalue weighted by Crippen LogP contribution is -2.50. The number of hydrogen-bond acceptors (Lipinski definition) is 2. The van der Waals surface area contributed by atoms with Gasteiger partial charge in [-0.2, -0.15) is 0 Å². The standard InChI is InChI=1S/C21H26ClN2/c1-2-9-20(22)23-14-16-24(17-15-23)21(18-10-5-3-6-11-18)19-12-7-4-8-13-19/h3-8,10-13,20-21H,1-2,9,14-17H2. The second-order valence-corrected chi connectivity index (χ2v) is 6.88. The summed E-state index contributed by atoms with van der Waals surface area (Å²) in [6.45, 7) is 8.03. The Morgan fingerprint density at radius 2 is 1.25 bits per heavy atom. The van der Waals surface area contributed by atoms with E-state index in [4.69, 9.17) is 11.6 Å². The lowest BCUT2D eigenvalue weighted by atomic mass is 9.96. The van der Waals surface area contributed by atoms with E-state index in [2.05, 4.69) is 77.4 Å². The lowest BCUT2D eigenvalue weighted by Gasteiger charge is -2.41. The molecule has 0 aliphatic carbocycles. The highest BCUT2D eigenvalue weighted by atomic mass is 35.5. The molecule has 3 rings (SSSR count). The van der Waals surface area contributed by atoms with Crippen LogP contribution in [0.2, 0.25) is 0 Å². The molecule has 2 aromatic carbocycles. The molecule has 1 unspecified atom stereocenters. The predicted octanol–water partition coefficient (Wildman–Crippen LogP) is 4.57. The molecule has 0 amide bonds. The van der Waals surface area contributed by atoms with Gasteiger partial charge in [-0.25, -0.2) is 0 Å². The van der Waals surface area contributed by atoms with Crippen LogP contribution in [0, 0.1) is 6.92 Å². The number of alkyl halides is 1. The zero-order valence-electron chi connectivity index (χ0n) is 14.2. The molecule has 0 aromatic heterocycles. The Morgan fingerprint density at radius 3 is 1.71 bits per heavy atom. The van der Waals surface area contributed by atoms with E-state index in [-0.39, 0.29) is 5.50 Å². The molecule has 1 atom stereocenters. The van der Waals surface area contributed by atoms with E-state index < -0.39 is 0 Å². The highest BCUT2D eigenvalue weighted by Crippen LogP contribution is 2.30. The highest BCUT2D eigenvalue weighted by molar-refractivity contribution is 6.20. The Labute approximate surface area is 151 Å². The third-order valence-corrected chi connectivity index (χ3v) is 5.28. The van der Waals surface area contributed by atoms with Gasteiger partial charge in [0.15, 0.2) is 0 Å². The van der Waals surface area contributed by atoms with Gasteiger partial charge in [-0.15, -0.1) is 11.6 Å². The second kappa shape index (κ2) is 8.66. The number of hydrogen-bond donors (Lipinski definition) is 0. The van der Waals surface area contributed by atoms with Gasteiger partial charge in [-0.3, -0.25) is 9.80 Å². The third-order valence-electron chi connectivity index (χ3n) is 4.78. The number of nitrogens with zero attached hydrogens (tertiary/aromatic N) is 2. The van der Waals surface area contributed by atoms with Gasteiger partial charge in [-0.05, 0) is 17.5 Å². The molecular formula is C21H26ClN2. The number of benzene rings is 2. The van der Waals surface area contributed by atoms with E-state index in [1.54, 1.807) is 0 Å². The van der Waals surface area contributed by atoms with E-state index in [9.17, 15) is 0 Å². The maximum absolute atomic E-state index is 6.49. The fourth-order valence-corrected chi connectivity index (χ4v) is 3.86. The third kappa shape index (κ3) is 4.18. The van der Waals surface area contributed by atoms with Gasteiger partial charge >= 0.3 is 0 Å². The van der Waals surface area contributed by atoms with Crippen LogP contribution >= 0.6 is 11.6 Å². The fraction of sp³-hybridized carbons (Fsp3) is 0.381. The summed E-state index contributed by atoms with van der Waals surface area (Å²) in [4.78, 5) is 4.96. The molecule has 0 N–H and O–H groups in total. The van der Waals surface area contributed by atoms with Gasteiger partial charge in [0.1, 0.15) is 0 Å². The van der Waals surface area contributed by atoms with E-state index >= 15 is 0 Å². The Hall–Kier alpha value is -1.35. The summed E-state index contributed by atoms with van der Waals surface area (Å²) in [5.74, 6) is 0. The van der Waals surface area contributed by atoms with Crippen LogP contribution in [0.25, 0.3) is 0 Å². The van der Waals surface area contributed by atoms with Crippen molar-refractivity contribution in [1.29, 1.82) is 0 Å². The van der Waals surface area contributed by atoms with Crippen LogP contribution in [0.4, 0.5) is 0 Å². The minimum absolute atomic E-state index is 0.122. The van der Waals surface area contributed by atoms with Crippen molar-refractivity contribution in [2.75, 3.05) is 26.2 Å². The van der Waals surface area contributed by atoms with E-state index in [1.165, 1.54) is 11.1 Å². The Balaban J connectivity index is 1.76. The maximum atomic E-state index is 6.49. The maximum Gasteiger partial charge on any atom is 0.0851 e. The van der Waals surface area contributed by atoms with Gasteiger partial charge in [0.05, 0.1) is 11.5 Å². The molecule has 0 spiro atoms. The summed E-state index contributed by atoms with van der Waals surface area (Å²) in [6.07, 6.45) is 1.85. The van der Waals surface area contributed by atoms with Crippen LogP contribution in [0.3, 0.4) is 0 Å². The smallest absolute Gasteiger partial charge is 0.0851 e. The second-order valence-electron chi connectivity index (χ2n) is 6.37. The molecule has 2 nitrogen and oxygen atoms in total. The molecule has 1 aliphatic rings. The summed E-state index contributed by atoms with van der Waals surface area (Å²) in [5.41, 5.74) is 2.84. The average molecular weight is 342 g/mol. The Kier molecular flexibility index (Phi) is 6.30. The largest absolute Gasteiger partial charge is 0.290 e. The van der Waals surface area contributed by atoms with Crippen molar-refractivity contribution in [3.05, 3.63) is 78.7 Å². The summed E-state index contributed by atoms with van der Waals surface area (Å²) in [6, 6.07) is 21.9. The van der Waals surface area contributed by atoms with E-state index in [0.29, 0.717) is 6.04 Å². The zero-order valence-corrected chi connectivity index (χ0v) is 14.9. The fourth-order valence-electron chi connectivity index (χ4n) is 3.51. The molecule has 0 bridgehead atoms. The molecule has 127 valence electrons. The van der Waals surface area contributed by atoms with Crippen LogP contribution in [0.15, 0.2) is 60.7 Å². The normalized spacial score (nSPS) is 18.0. The molecule has 1 heterocycles. The molecule has 1 saturated heterocycles.